The number of halogens is 5. The summed E-state index contributed by atoms with van der Waals surface area (Å²) in [6.07, 6.45) is 39.0. The van der Waals surface area contributed by atoms with Gasteiger partial charge in [0.25, 0.3) is 11.8 Å². The SMILES string of the molecule is C.CN1CCC[C@@H]1CN.CN1CCC[C@@H]1CNC(=O)c1nc(-c2ccc3ncc(Cl)n3c2)c(-c2ncco2)nc1N.CN1CCC[C@H]1CN.CN1CCC[C@H]1CNC(=O)c1nc(-c2ccc3ncc(Cl)n3c2)c(-c2ncco2)nc1N.COC(=O)c1nc(Cl)c(-c2ncco2)nc1N.Nc1nc(-c2ncco2)c(-c2ccc3ncc(Cl)n3c2)nc1C(=O)O.OB(O)c1ccc2ncc(Cl)n2c1.OB(O)c1ccc2nccn2c1. The number of amides is 2. The zero-order chi connectivity index (χ0) is 104. The first-order valence-corrected chi connectivity index (χ1v) is 47.4. The van der Waals surface area contributed by atoms with Crippen LogP contribution in [0.4, 0.5) is 23.3 Å². The molecular formula is C93H103B2Cl5N34O14. The van der Waals surface area contributed by atoms with Crippen molar-refractivity contribution in [2.45, 2.75) is 83.0 Å². The van der Waals surface area contributed by atoms with Crippen molar-refractivity contribution in [3.8, 4) is 80.1 Å². The van der Waals surface area contributed by atoms with E-state index in [1.54, 1.807) is 120 Å². The molecule has 4 aliphatic heterocycles. The van der Waals surface area contributed by atoms with Crippen LogP contribution < -0.4 is 56.0 Å². The summed E-state index contributed by atoms with van der Waals surface area (Å²) in [5.41, 5.74) is 42.4. The number of ether oxygens (including phenoxy) is 1. The highest BCUT2D eigenvalue weighted by Gasteiger charge is 2.31. The van der Waals surface area contributed by atoms with Crippen molar-refractivity contribution in [3.05, 3.63) is 227 Å². The van der Waals surface area contributed by atoms with Gasteiger partial charge in [-0.05, 0) is 165 Å². The number of anilines is 4. The molecule has 18 aromatic rings. The van der Waals surface area contributed by atoms with Crippen molar-refractivity contribution in [2.24, 2.45) is 11.5 Å². The lowest BCUT2D eigenvalue weighted by Gasteiger charge is -2.19. The quantitative estimate of drug-likeness (QED) is 0.0270. The summed E-state index contributed by atoms with van der Waals surface area (Å²) in [6, 6.07) is 19.2. The fraction of sp³-hybridized carbons (Fsp3) is 0.280. The highest BCUT2D eigenvalue weighted by Crippen LogP contribution is 2.36. The maximum absolute atomic E-state index is 12.9. The Balaban J connectivity index is 0.000000139. The van der Waals surface area contributed by atoms with Gasteiger partial charge in [0.1, 0.15) is 91.0 Å². The number of hydrogen-bond acceptors (Lipinski definition) is 40. The van der Waals surface area contributed by atoms with Gasteiger partial charge in [0.05, 0.1) is 56.7 Å². The third-order valence-corrected chi connectivity index (χ3v) is 25.5. The topological polar surface area (TPSA) is 666 Å². The largest absolute Gasteiger partial charge is 0.489 e. The van der Waals surface area contributed by atoms with Gasteiger partial charge in [0.15, 0.2) is 74.0 Å². The Morgan fingerprint density at radius 2 is 0.723 bits per heavy atom. The minimum Gasteiger partial charge on any atom is -0.476 e. The molecule has 0 unspecified atom stereocenters. The summed E-state index contributed by atoms with van der Waals surface area (Å²) in [6.45, 7) is 7.22. The number of aromatic carboxylic acids is 1. The summed E-state index contributed by atoms with van der Waals surface area (Å²) < 4.78 is 34.0. The number of methoxy groups -OCH3 is 1. The number of oxazole rings is 4. The average molecular weight is 2120 g/mol. The highest BCUT2D eigenvalue weighted by molar-refractivity contribution is 6.59. The Hall–Kier alpha value is -15.1. The van der Waals surface area contributed by atoms with Crippen LogP contribution in [0.2, 0.25) is 25.8 Å². The number of likely N-dealkylation sites (tertiary alicyclic amines) is 4. The minimum atomic E-state index is -1.48. The van der Waals surface area contributed by atoms with Crippen LogP contribution in [0, 0.1) is 0 Å². The molecule has 55 heteroatoms. The van der Waals surface area contributed by atoms with Crippen LogP contribution in [-0.2, 0) is 4.74 Å². The van der Waals surface area contributed by atoms with E-state index in [1.807, 2.05) is 12.1 Å². The number of fused-ring (bicyclic) bond motifs is 5. The molecule has 4 saturated heterocycles. The van der Waals surface area contributed by atoms with Gasteiger partial charge < -0.3 is 117 Å². The molecule has 148 heavy (non-hydrogen) atoms. The zero-order valence-electron chi connectivity index (χ0n) is 79.4. The Bertz CT molecular complexity index is 7380. The first-order chi connectivity index (χ1) is 70.8. The summed E-state index contributed by atoms with van der Waals surface area (Å²) in [4.78, 5) is 129. The van der Waals surface area contributed by atoms with Crippen LogP contribution in [0.3, 0.4) is 0 Å². The van der Waals surface area contributed by atoms with Crippen LogP contribution in [0.5, 0.6) is 0 Å². The Morgan fingerprint density at radius 3 is 1.05 bits per heavy atom. The first-order valence-electron chi connectivity index (χ1n) is 45.5. The third-order valence-electron chi connectivity index (χ3n) is 24.1. The number of nitrogen functional groups attached to an aromatic ring is 4. The van der Waals surface area contributed by atoms with Gasteiger partial charge in [0, 0.05) is 110 Å². The summed E-state index contributed by atoms with van der Waals surface area (Å²) in [5, 5.41) is 52.3. The van der Waals surface area contributed by atoms with Crippen LogP contribution in [0.1, 0.15) is 101 Å². The van der Waals surface area contributed by atoms with Crippen LogP contribution in [-0.4, -0.2) is 301 Å². The fourth-order valence-electron chi connectivity index (χ4n) is 16.2. The van der Waals surface area contributed by atoms with Crippen molar-refractivity contribution >= 4 is 158 Å². The number of pyridine rings is 5. The summed E-state index contributed by atoms with van der Waals surface area (Å²) >= 11 is 30.2. The molecule has 22 rings (SSSR count). The number of carbonyl (C=O) groups is 4. The fourth-order valence-corrected chi connectivity index (χ4v) is 17.1. The molecule has 0 saturated carbocycles. The van der Waals surface area contributed by atoms with Gasteiger partial charge in [-0.1, -0.05) is 77.6 Å². The van der Waals surface area contributed by atoms with E-state index in [2.05, 4.69) is 148 Å². The number of hydrogen-bond donors (Lipinski definition) is 13. The number of likely N-dealkylation sites (N-methyl/N-ethyl adjacent to an activating group) is 4. The Morgan fingerprint density at radius 1 is 0.399 bits per heavy atom. The van der Waals surface area contributed by atoms with Gasteiger partial charge >= 0.3 is 26.2 Å². The molecule has 0 radical (unpaired) electrons. The van der Waals surface area contributed by atoms with Crippen molar-refractivity contribution in [1.82, 2.24) is 137 Å². The number of carboxylic acids is 1. The second-order valence-corrected chi connectivity index (χ2v) is 35.5. The number of imidazole rings is 5. The molecule has 4 atom stereocenters. The predicted molar refractivity (Wildman–Crippen MR) is 556 cm³/mol. The average Bonchev–Trinajstić information content (AvgIpc) is 1.54. The summed E-state index contributed by atoms with van der Waals surface area (Å²) in [5.74, 6) is -2.25. The molecule has 770 valence electrons. The van der Waals surface area contributed by atoms with Crippen LogP contribution >= 0.6 is 58.0 Å². The molecule has 4 aliphatic rings. The first kappa shape index (κ1) is 109. The maximum Gasteiger partial charge on any atom is 0.489 e. The number of esters is 1. The smallest absolute Gasteiger partial charge is 0.476 e. The number of rotatable bonds is 19. The molecule has 0 aliphatic carbocycles. The zero-order valence-corrected chi connectivity index (χ0v) is 83.2. The van der Waals surface area contributed by atoms with E-state index in [4.69, 9.17) is 130 Å². The molecule has 0 aromatic carbocycles. The monoisotopic (exact) mass is 2120 g/mol. The van der Waals surface area contributed by atoms with Crippen molar-refractivity contribution in [3.63, 3.8) is 0 Å². The third kappa shape index (κ3) is 25.9. The standard InChI is InChI=1S/2C21H21ClN8O2.C15H9ClN6O3.C9H7ClN4O3.C7H6BClN2O2.C7H7BN2O2.2C6H14N2.CH4/c2*1-29-7-2-3-13(29)9-26-20(31)18-19(23)28-17(21-24-6-8-32-21)16(27-18)12-4-5-15-25-10-14(22)30(15)11-12;16-8-5-19-9-2-1-7(6-22(8)9)10-11(14-18-3-4-25-14)21-13(17)12(20-10)15(23)24;1-16-9(15)5-7(11)14-4(6(10)13-5)8-12-2-3-17-8;9-6-3-10-7-2-1-5(8(12)13)4-11(6)7;11-8(12)6-1-2-7-9-3-4-10(7)5-6;2*1-8-4-2-3-6(8)5-7;/h2*4-6,8,10-11,13H,2-3,7,9H2,1H3,(H2,23,28)(H,26,31);1-6H,(H2,17,21)(H,23,24);2-3H,1H3,(H2,11,14);1-4,12-13H;1-5,11-12H;2*6H,2-5,7H2,1H3;1H4/t2*13-;;;;;2*6-;/m10....10./s1. The number of nitrogens with zero attached hydrogens (tertiary/aromatic N) is 26. The number of aromatic nitrogens is 22. The minimum absolute atomic E-state index is 0. The normalized spacial score (nSPS) is 15.4. The second kappa shape index (κ2) is 49.8. The van der Waals surface area contributed by atoms with Gasteiger partial charge in [-0.3, -0.25) is 27.2 Å². The number of carboxylic acid groups (broad SMARTS) is 1. The van der Waals surface area contributed by atoms with E-state index in [0.29, 0.717) is 131 Å². The van der Waals surface area contributed by atoms with Crippen molar-refractivity contribution < 1.29 is 66.8 Å². The molecule has 48 nitrogen and oxygen atoms in total. The van der Waals surface area contributed by atoms with E-state index in [-0.39, 0.29) is 111 Å². The van der Waals surface area contributed by atoms with E-state index in [9.17, 15) is 24.3 Å². The van der Waals surface area contributed by atoms with E-state index in [0.717, 1.165) is 57.5 Å². The molecule has 19 N–H and O–H groups in total. The lowest BCUT2D eigenvalue weighted by molar-refractivity contribution is 0.0593. The number of nitrogens with one attached hydrogen (secondary N) is 2. The number of carbonyl (C=O) groups excluding carboxylic acids is 3. The van der Waals surface area contributed by atoms with E-state index >= 15 is 0 Å². The highest BCUT2D eigenvalue weighted by atomic mass is 35.5. The predicted octanol–water partition coefficient (Wildman–Crippen LogP) is 7.94. The van der Waals surface area contributed by atoms with Crippen LogP contribution in [0.25, 0.3) is 108 Å². The molecule has 2 amide bonds. The molecule has 0 bridgehead atoms. The molecular weight excluding hydrogens is 2020 g/mol. The van der Waals surface area contributed by atoms with Gasteiger partial charge in [-0.25, -0.2) is 94.3 Å². The Kier molecular flexibility index (Phi) is 36.6. The maximum atomic E-state index is 12.9. The van der Waals surface area contributed by atoms with Gasteiger partial charge in [0.2, 0.25) is 23.6 Å². The van der Waals surface area contributed by atoms with Crippen molar-refractivity contribution in [1.29, 1.82) is 0 Å². The molecule has 4 fully saturated rings. The lowest BCUT2D eigenvalue weighted by atomic mass is 9.82. The Labute approximate surface area is 869 Å². The van der Waals surface area contributed by atoms with Crippen molar-refractivity contribution in [2.75, 3.05) is 111 Å². The molecule has 22 heterocycles. The molecule has 18 aromatic heterocycles. The lowest BCUT2D eigenvalue weighted by Crippen LogP contribution is -2.38. The summed E-state index contributed by atoms with van der Waals surface area (Å²) in [7, 11) is 6.70. The van der Waals surface area contributed by atoms with Crippen LogP contribution in [0.15, 0.2) is 196 Å². The molecule has 0 spiro atoms. The van der Waals surface area contributed by atoms with E-state index in [1.165, 1.54) is 114 Å². The van der Waals surface area contributed by atoms with E-state index < -0.39 is 26.2 Å². The second-order valence-electron chi connectivity index (χ2n) is 33.6. The van der Waals surface area contributed by atoms with Gasteiger partial charge in [-0.2, -0.15) is 0 Å². The number of nitrogens with two attached hydrogens (primary N) is 6. The van der Waals surface area contributed by atoms with Gasteiger partial charge in [-0.15, -0.1) is 0 Å².